The summed E-state index contributed by atoms with van der Waals surface area (Å²) in [6.07, 6.45) is 0. The van der Waals surface area contributed by atoms with E-state index in [0.29, 0.717) is 0 Å². The zero-order valence-corrected chi connectivity index (χ0v) is 11.4. The molecule has 1 N–H and O–H groups in total. The van der Waals surface area contributed by atoms with Crippen LogP contribution < -0.4 is 0 Å². The molecule has 6 nitrogen and oxygen atoms in total. The van der Waals surface area contributed by atoms with Gasteiger partial charge in [-0.3, -0.25) is 24.0 Å². The molecule has 0 heterocycles. The Kier molecular flexibility index (Phi) is 3.43. The smallest absolute Gasteiger partial charge is 0.212 e. The van der Waals surface area contributed by atoms with E-state index in [4.69, 9.17) is 0 Å². The summed E-state index contributed by atoms with van der Waals surface area (Å²) in [5.41, 5.74) is -2.96. The second kappa shape index (κ2) is 4.82. The van der Waals surface area contributed by atoms with E-state index in [9.17, 15) is 29.1 Å². The van der Waals surface area contributed by atoms with Crippen molar-refractivity contribution in [2.24, 2.45) is 5.92 Å². The van der Waals surface area contributed by atoms with Crippen LogP contribution in [0.4, 0.5) is 0 Å². The molecule has 0 fully saturated rings. The molecule has 1 atom stereocenters. The first-order valence-electron chi connectivity index (χ1n) is 6.19. The molecule has 1 aromatic rings. The monoisotopic (exact) mass is 288 g/mol. The van der Waals surface area contributed by atoms with E-state index < -0.39 is 40.4 Å². The van der Waals surface area contributed by atoms with Crippen molar-refractivity contribution in [2.75, 3.05) is 0 Å². The lowest BCUT2D eigenvalue weighted by atomic mass is 9.77. The maximum Gasteiger partial charge on any atom is 0.212 e. The molecule has 0 saturated carbocycles. The third-order valence-electron chi connectivity index (χ3n) is 3.54. The molecule has 0 aliphatic heterocycles. The summed E-state index contributed by atoms with van der Waals surface area (Å²) in [5.74, 6) is -7.23. The Hall–Kier alpha value is -2.47. The number of rotatable bonds is 4. The number of Topliss-reactive ketones (excluding diaryl/α,β-unsaturated/α-hetero) is 5. The van der Waals surface area contributed by atoms with Gasteiger partial charge in [-0.2, -0.15) is 0 Å². The van der Waals surface area contributed by atoms with Gasteiger partial charge < -0.3 is 5.11 Å². The van der Waals surface area contributed by atoms with Crippen LogP contribution in [0, 0.1) is 5.92 Å². The molecule has 1 aromatic carbocycles. The molecule has 0 unspecified atom stereocenters. The van der Waals surface area contributed by atoms with Crippen LogP contribution in [-0.2, 0) is 14.4 Å². The second-order valence-electron chi connectivity index (χ2n) is 4.93. The number of carbonyl (C=O) groups is 5. The minimum Gasteiger partial charge on any atom is -0.373 e. The van der Waals surface area contributed by atoms with Crippen molar-refractivity contribution in [3.8, 4) is 0 Å². The fourth-order valence-electron chi connectivity index (χ4n) is 2.53. The first kappa shape index (κ1) is 14.9. The summed E-state index contributed by atoms with van der Waals surface area (Å²) in [6.45, 7) is 1.87. The van der Waals surface area contributed by atoms with E-state index in [1.54, 1.807) is 0 Å². The predicted molar refractivity (Wildman–Crippen MR) is 69.9 cm³/mol. The lowest BCUT2D eigenvalue weighted by molar-refractivity contribution is -0.145. The van der Waals surface area contributed by atoms with Crippen LogP contribution in [0.3, 0.4) is 0 Å². The fraction of sp³-hybridized carbons (Fsp3) is 0.267. The van der Waals surface area contributed by atoms with Crippen molar-refractivity contribution in [1.29, 1.82) is 0 Å². The second-order valence-corrected chi connectivity index (χ2v) is 4.93. The topological polar surface area (TPSA) is 106 Å². The van der Waals surface area contributed by atoms with Crippen LogP contribution in [0.2, 0.25) is 0 Å². The molecule has 0 spiro atoms. The van der Waals surface area contributed by atoms with Gasteiger partial charge in [0, 0.05) is 18.1 Å². The van der Waals surface area contributed by atoms with Crippen LogP contribution in [0.1, 0.15) is 34.6 Å². The van der Waals surface area contributed by atoms with E-state index in [2.05, 4.69) is 0 Å². The Balaban J connectivity index is 2.64. The van der Waals surface area contributed by atoms with E-state index in [1.165, 1.54) is 24.3 Å². The molecule has 0 amide bonds. The Morgan fingerprint density at radius 3 is 1.76 bits per heavy atom. The number of aliphatic hydroxyl groups is 1. The van der Waals surface area contributed by atoms with Crippen LogP contribution >= 0.6 is 0 Å². The summed E-state index contributed by atoms with van der Waals surface area (Å²) >= 11 is 0. The van der Waals surface area contributed by atoms with Crippen molar-refractivity contribution < 1.29 is 29.1 Å². The van der Waals surface area contributed by atoms with Crippen molar-refractivity contribution >= 4 is 28.9 Å². The SMILES string of the molecule is CC(=O)C(=O)[C@@H](C(C)=O)C1(O)C(=O)c2ccccc2C1=O. The first-order valence-corrected chi connectivity index (χ1v) is 6.19. The third kappa shape index (κ3) is 1.95. The molecule has 0 radical (unpaired) electrons. The molecule has 1 aliphatic rings. The van der Waals surface area contributed by atoms with Gasteiger partial charge in [0.1, 0.15) is 11.7 Å². The van der Waals surface area contributed by atoms with Gasteiger partial charge in [-0.05, 0) is 6.92 Å². The largest absolute Gasteiger partial charge is 0.373 e. The van der Waals surface area contributed by atoms with Gasteiger partial charge in [-0.15, -0.1) is 0 Å². The zero-order valence-electron chi connectivity index (χ0n) is 11.4. The van der Waals surface area contributed by atoms with Gasteiger partial charge in [-0.1, -0.05) is 24.3 Å². The van der Waals surface area contributed by atoms with Crippen molar-refractivity contribution in [2.45, 2.75) is 19.4 Å². The van der Waals surface area contributed by atoms with Gasteiger partial charge >= 0.3 is 0 Å². The highest BCUT2D eigenvalue weighted by molar-refractivity contribution is 6.45. The highest BCUT2D eigenvalue weighted by atomic mass is 16.3. The predicted octanol–water partition coefficient (Wildman–Crippen LogP) is 0.160. The fourth-order valence-corrected chi connectivity index (χ4v) is 2.53. The maximum absolute atomic E-state index is 12.3. The molecule has 21 heavy (non-hydrogen) atoms. The quantitative estimate of drug-likeness (QED) is 0.625. The molecule has 0 bridgehead atoms. The Bertz CT molecular complexity index is 665. The number of ketones is 5. The van der Waals surface area contributed by atoms with Crippen molar-refractivity contribution in [3.05, 3.63) is 35.4 Å². The van der Waals surface area contributed by atoms with Crippen LogP contribution in [0.15, 0.2) is 24.3 Å². The molecule has 108 valence electrons. The molecule has 0 saturated heterocycles. The number of fused-ring (bicyclic) bond motifs is 1. The van der Waals surface area contributed by atoms with Crippen LogP contribution in [0.25, 0.3) is 0 Å². The first-order chi connectivity index (χ1) is 9.72. The van der Waals surface area contributed by atoms with E-state index >= 15 is 0 Å². The minimum atomic E-state index is -2.84. The van der Waals surface area contributed by atoms with E-state index in [1.807, 2.05) is 0 Å². The Labute approximate surface area is 119 Å². The average molecular weight is 288 g/mol. The lowest BCUT2D eigenvalue weighted by Crippen LogP contribution is -2.55. The summed E-state index contributed by atoms with van der Waals surface area (Å²) in [7, 11) is 0. The minimum absolute atomic E-state index is 0.0624. The van der Waals surface area contributed by atoms with E-state index in [0.717, 1.165) is 13.8 Å². The van der Waals surface area contributed by atoms with Gasteiger partial charge in [0.25, 0.3) is 0 Å². The van der Waals surface area contributed by atoms with Gasteiger partial charge in [-0.25, -0.2) is 0 Å². The number of benzene rings is 1. The third-order valence-corrected chi connectivity index (χ3v) is 3.54. The lowest BCUT2D eigenvalue weighted by Gasteiger charge is -2.25. The maximum atomic E-state index is 12.3. The molecular formula is C15H12O6. The van der Waals surface area contributed by atoms with Gasteiger partial charge in [0.2, 0.25) is 23.0 Å². The molecule has 1 aliphatic carbocycles. The standard InChI is InChI=1S/C15H12O6/c1-7(16)11(12(18)8(2)17)15(21)13(19)9-5-3-4-6-10(9)14(15)20/h3-6,11,21H,1-2H3/t11-/m1/s1. The number of hydrogen-bond donors (Lipinski definition) is 1. The van der Waals surface area contributed by atoms with E-state index in [-0.39, 0.29) is 11.1 Å². The molecule has 0 aromatic heterocycles. The summed E-state index contributed by atoms with van der Waals surface area (Å²) < 4.78 is 0. The van der Waals surface area contributed by atoms with Crippen LogP contribution in [0.5, 0.6) is 0 Å². The Morgan fingerprint density at radius 2 is 1.43 bits per heavy atom. The summed E-state index contributed by atoms with van der Waals surface area (Å²) in [4.78, 5) is 59.4. The number of carbonyl (C=O) groups excluding carboxylic acids is 5. The normalized spacial score (nSPS) is 17.3. The molecule has 6 heteroatoms. The summed E-state index contributed by atoms with van der Waals surface area (Å²) in [6, 6.07) is 5.63. The van der Waals surface area contributed by atoms with Gasteiger partial charge in [0.15, 0.2) is 5.78 Å². The summed E-state index contributed by atoms with van der Waals surface area (Å²) in [5, 5.41) is 10.5. The van der Waals surface area contributed by atoms with Crippen molar-refractivity contribution in [1.82, 2.24) is 0 Å². The number of hydrogen-bond acceptors (Lipinski definition) is 6. The molecule has 2 rings (SSSR count). The molecular weight excluding hydrogens is 276 g/mol. The average Bonchev–Trinajstić information content (AvgIpc) is 2.62. The van der Waals surface area contributed by atoms with Gasteiger partial charge in [0.05, 0.1) is 0 Å². The van der Waals surface area contributed by atoms with Crippen molar-refractivity contribution in [3.63, 3.8) is 0 Å². The van der Waals surface area contributed by atoms with Crippen LogP contribution in [-0.4, -0.2) is 39.6 Å². The highest BCUT2D eigenvalue weighted by Gasteiger charge is 2.61. The Morgan fingerprint density at radius 1 is 1.00 bits per heavy atom. The zero-order chi connectivity index (χ0) is 15.9. The highest BCUT2D eigenvalue weighted by Crippen LogP contribution is 2.36.